The van der Waals surface area contributed by atoms with E-state index in [1.165, 1.54) is 11.3 Å². The lowest BCUT2D eigenvalue weighted by atomic mass is 10.4. The molecule has 9 heteroatoms. The summed E-state index contributed by atoms with van der Waals surface area (Å²) in [6.45, 7) is 2.86. The standard InChI is InChI=1S/C11H14N4OS2.2ClH/c1-2-9-14-7(5-17-9)4-13-11(16)8-6-18-10(3-12)15-8;;/h5-6H,2-4,12H2,1H3,(H,13,16);2*1H. The number of carbonyl (C=O) groups is 1. The molecule has 0 fully saturated rings. The first-order valence-corrected chi connectivity index (χ1v) is 7.34. The Morgan fingerprint density at radius 3 is 2.50 bits per heavy atom. The highest BCUT2D eigenvalue weighted by atomic mass is 35.5. The van der Waals surface area contributed by atoms with Crippen molar-refractivity contribution in [1.82, 2.24) is 15.3 Å². The van der Waals surface area contributed by atoms with E-state index in [0.29, 0.717) is 18.8 Å². The summed E-state index contributed by atoms with van der Waals surface area (Å²) in [6.07, 6.45) is 0.921. The van der Waals surface area contributed by atoms with E-state index in [1.54, 1.807) is 16.7 Å². The molecule has 5 nitrogen and oxygen atoms in total. The maximum atomic E-state index is 11.8. The number of nitrogens with zero attached hydrogens (tertiary/aromatic N) is 2. The van der Waals surface area contributed by atoms with Crippen LogP contribution < -0.4 is 11.1 Å². The van der Waals surface area contributed by atoms with Gasteiger partial charge in [-0.3, -0.25) is 4.79 Å². The van der Waals surface area contributed by atoms with E-state index in [9.17, 15) is 4.79 Å². The minimum absolute atomic E-state index is 0. The van der Waals surface area contributed by atoms with Crippen LogP contribution in [0.2, 0.25) is 0 Å². The molecule has 0 spiro atoms. The normalized spacial score (nSPS) is 9.50. The second kappa shape index (κ2) is 9.25. The molecule has 2 heterocycles. The predicted molar refractivity (Wildman–Crippen MR) is 87.2 cm³/mol. The fourth-order valence-electron chi connectivity index (χ4n) is 1.36. The van der Waals surface area contributed by atoms with Crippen LogP contribution in [0, 0.1) is 0 Å². The number of nitrogens with two attached hydrogens (primary N) is 1. The molecule has 0 radical (unpaired) electrons. The van der Waals surface area contributed by atoms with Crippen molar-refractivity contribution in [1.29, 1.82) is 0 Å². The molecule has 20 heavy (non-hydrogen) atoms. The topological polar surface area (TPSA) is 80.9 Å². The Labute approximate surface area is 137 Å². The quantitative estimate of drug-likeness (QED) is 0.863. The van der Waals surface area contributed by atoms with Gasteiger partial charge in [-0.2, -0.15) is 0 Å². The summed E-state index contributed by atoms with van der Waals surface area (Å²) in [6, 6.07) is 0. The van der Waals surface area contributed by atoms with Gasteiger partial charge < -0.3 is 11.1 Å². The third kappa shape index (κ3) is 4.99. The van der Waals surface area contributed by atoms with Gasteiger partial charge in [0.05, 0.1) is 17.2 Å². The average molecular weight is 355 g/mol. The molecule has 0 saturated heterocycles. The van der Waals surface area contributed by atoms with Crippen LogP contribution in [0.5, 0.6) is 0 Å². The van der Waals surface area contributed by atoms with Gasteiger partial charge in [0.15, 0.2) is 0 Å². The Balaban J connectivity index is 0.00000180. The number of rotatable bonds is 5. The number of aromatic nitrogens is 2. The number of hydrogen-bond donors (Lipinski definition) is 2. The van der Waals surface area contributed by atoms with Crippen molar-refractivity contribution in [3.05, 3.63) is 32.2 Å². The number of amides is 1. The summed E-state index contributed by atoms with van der Waals surface area (Å²) >= 11 is 3.01. The third-order valence-electron chi connectivity index (χ3n) is 2.29. The van der Waals surface area contributed by atoms with Crippen molar-refractivity contribution in [2.45, 2.75) is 26.4 Å². The zero-order valence-corrected chi connectivity index (χ0v) is 14.1. The molecule has 1 amide bonds. The summed E-state index contributed by atoms with van der Waals surface area (Å²) in [4.78, 5) is 20.3. The number of carbonyl (C=O) groups excluding carboxylic acids is 1. The van der Waals surface area contributed by atoms with Gasteiger partial charge in [0.1, 0.15) is 10.7 Å². The zero-order chi connectivity index (χ0) is 13.0. The lowest BCUT2D eigenvalue weighted by molar-refractivity contribution is 0.0946. The zero-order valence-electron chi connectivity index (χ0n) is 10.8. The lowest BCUT2D eigenvalue weighted by Gasteiger charge is -1.99. The van der Waals surface area contributed by atoms with Gasteiger partial charge in [-0.05, 0) is 6.42 Å². The number of thiazole rings is 2. The van der Waals surface area contributed by atoms with Crippen LogP contribution in [-0.2, 0) is 19.5 Å². The third-order valence-corrected chi connectivity index (χ3v) is 4.20. The van der Waals surface area contributed by atoms with E-state index >= 15 is 0 Å². The molecule has 0 aliphatic heterocycles. The van der Waals surface area contributed by atoms with E-state index in [0.717, 1.165) is 22.1 Å². The van der Waals surface area contributed by atoms with Crippen molar-refractivity contribution < 1.29 is 4.79 Å². The minimum atomic E-state index is -0.183. The molecule has 0 aliphatic rings. The number of hydrogen-bond acceptors (Lipinski definition) is 6. The summed E-state index contributed by atoms with van der Waals surface area (Å²) in [5, 5.41) is 8.33. The van der Waals surface area contributed by atoms with Crippen LogP contribution in [0.25, 0.3) is 0 Å². The van der Waals surface area contributed by atoms with Crippen molar-refractivity contribution in [3.63, 3.8) is 0 Å². The van der Waals surface area contributed by atoms with Crippen molar-refractivity contribution in [2.75, 3.05) is 0 Å². The van der Waals surface area contributed by atoms with E-state index in [-0.39, 0.29) is 30.7 Å². The maximum absolute atomic E-state index is 11.8. The maximum Gasteiger partial charge on any atom is 0.271 e. The van der Waals surface area contributed by atoms with Crippen LogP contribution in [0.1, 0.15) is 33.1 Å². The van der Waals surface area contributed by atoms with Gasteiger partial charge in [0, 0.05) is 17.3 Å². The van der Waals surface area contributed by atoms with Crippen molar-refractivity contribution in [2.24, 2.45) is 5.73 Å². The monoisotopic (exact) mass is 354 g/mol. The first-order valence-electron chi connectivity index (χ1n) is 5.59. The van der Waals surface area contributed by atoms with Gasteiger partial charge in [-0.1, -0.05) is 6.92 Å². The van der Waals surface area contributed by atoms with Gasteiger partial charge in [-0.25, -0.2) is 9.97 Å². The lowest BCUT2D eigenvalue weighted by Crippen LogP contribution is -2.23. The average Bonchev–Trinajstić information content (AvgIpc) is 3.04. The Morgan fingerprint density at radius 2 is 1.95 bits per heavy atom. The highest BCUT2D eigenvalue weighted by Gasteiger charge is 2.10. The van der Waals surface area contributed by atoms with Gasteiger partial charge in [0.2, 0.25) is 0 Å². The summed E-state index contributed by atoms with van der Waals surface area (Å²) in [5.74, 6) is -0.183. The van der Waals surface area contributed by atoms with E-state index < -0.39 is 0 Å². The molecule has 2 aromatic rings. The fourth-order valence-corrected chi connectivity index (χ4v) is 2.76. The van der Waals surface area contributed by atoms with Crippen LogP contribution in [0.4, 0.5) is 0 Å². The molecule has 2 aromatic heterocycles. The van der Waals surface area contributed by atoms with Crippen molar-refractivity contribution in [3.8, 4) is 0 Å². The fraction of sp³-hybridized carbons (Fsp3) is 0.364. The second-order valence-corrected chi connectivity index (χ2v) is 5.48. The molecule has 3 N–H and O–H groups in total. The Hall–Kier alpha value is -0.730. The SMILES string of the molecule is CCc1nc(CNC(=O)c2csc(CN)n2)cs1.Cl.Cl. The van der Waals surface area contributed by atoms with Crippen LogP contribution in [0.3, 0.4) is 0 Å². The summed E-state index contributed by atoms with van der Waals surface area (Å²) in [5.41, 5.74) is 6.76. The van der Waals surface area contributed by atoms with E-state index in [1.807, 2.05) is 5.38 Å². The molecule has 0 bridgehead atoms. The number of nitrogens with one attached hydrogen (secondary N) is 1. The molecule has 0 unspecified atom stereocenters. The highest BCUT2D eigenvalue weighted by Crippen LogP contribution is 2.11. The Kier molecular flexibility index (Phi) is 8.91. The molecular weight excluding hydrogens is 339 g/mol. The predicted octanol–water partition coefficient (Wildman–Crippen LogP) is 2.39. The first kappa shape index (κ1) is 19.3. The van der Waals surface area contributed by atoms with Gasteiger partial charge in [0.25, 0.3) is 5.91 Å². The van der Waals surface area contributed by atoms with Gasteiger partial charge in [-0.15, -0.1) is 47.5 Å². The van der Waals surface area contributed by atoms with Gasteiger partial charge >= 0.3 is 0 Å². The second-order valence-electron chi connectivity index (χ2n) is 3.60. The molecular formula is C11H16Cl2N4OS2. The Morgan fingerprint density at radius 1 is 1.25 bits per heavy atom. The molecule has 2 rings (SSSR count). The van der Waals surface area contributed by atoms with Crippen LogP contribution in [-0.4, -0.2) is 15.9 Å². The largest absolute Gasteiger partial charge is 0.345 e. The molecule has 0 aliphatic carbocycles. The Bertz CT molecular complexity index is 544. The highest BCUT2D eigenvalue weighted by molar-refractivity contribution is 7.10. The van der Waals surface area contributed by atoms with Crippen LogP contribution >= 0.6 is 47.5 Å². The molecule has 0 saturated carbocycles. The molecule has 0 atom stereocenters. The molecule has 0 aromatic carbocycles. The molecule has 112 valence electrons. The summed E-state index contributed by atoms with van der Waals surface area (Å²) < 4.78 is 0. The first-order chi connectivity index (χ1) is 8.72. The van der Waals surface area contributed by atoms with E-state index in [4.69, 9.17) is 5.73 Å². The van der Waals surface area contributed by atoms with Crippen molar-refractivity contribution >= 4 is 53.4 Å². The minimum Gasteiger partial charge on any atom is -0.345 e. The number of aryl methyl sites for hydroxylation is 1. The van der Waals surface area contributed by atoms with Crippen LogP contribution in [0.15, 0.2) is 10.8 Å². The summed E-state index contributed by atoms with van der Waals surface area (Å²) in [7, 11) is 0. The smallest absolute Gasteiger partial charge is 0.271 e. The number of halogens is 2. The van der Waals surface area contributed by atoms with E-state index in [2.05, 4.69) is 22.2 Å².